The van der Waals surface area contributed by atoms with Gasteiger partial charge in [-0.2, -0.15) is 5.26 Å². The van der Waals surface area contributed by atoms with Crippen LogP contribution in [0.25, 0.3) is 0 Å². The summed E-state index contributed by atoms with van der Waals surface area (Å²) in [6, 6.07) is 5.93. The Morgan fingerprint density at radius 2 is 2.27 bits per heavy atom. The Morgan fingerprint density at radius 1 is 1.60 bits per heavy atom. The van der Waals surface area contributed by atoms with E-state index in [-0.39, 0.29) is 17.1 Å². The largest absolute Gasteiger partial charge is 0.480 e. The van der Waals surface area contributed by atoms with Gasteiger partial charge in [0.05, 0.1) is 12.0 Å². The Morgan fingerprint density at radius 3 is 2.80 bits per heavy atom. The Balaban J connectivity index is 3.30. The molecule has 6 heteroatoms. The van der Waals surface area contributed by atoms with E-state index in [0.717, 1.165) is 0 Å². The second-order valence-corrected chi connectivity index (χ2v) is 2.50. The molecule has 6 nitrogen and oxygen atoms in total. The molecule has 0 saturated heterocycles. The van der Waals surface area contributed by atoms with Gasteiger partial charge in [0.1, 0.15) is 5.56 Å². The number of hydrogen-bond acceptors (Lipinski definition) is 5. The van der Waals surface area contributed by atoms with E-state index in [9.17, 15) is 10.1 Å². The van der Waals surface area contributed by atoms with Gasteiger partial charge in [0.2, 0.25) is 12.1 Å². The number of benzene rings is 1. The van der Waals surface area contributed by atoms with Gasteiger partial charge in [-0.1, -0.05) is 12.1 Å². The topological polar surface area (TPSA) is 88.5 Å². The minimum absolute atomic E-state index is 0.0650. The van der Waals surface area contributed by atoms with E-state index in [1.807, 2.05) is 0 Å². The van der Waals surface area contributed by atoms with Crippen LogP contribution >= 0.6 is 0 Å². The number of para-hydroxylation sites is 1. The highest BCUT2D eigenvalue weighted by Gasteiger charge is 2.17. The molecule has 0 unspecified atom stereocenters. The quantitative estimate of drug-likeness (QED) is 0.240. The van der Waals surface area contributed by atoms with Crippen LogP contribution in [0.4, 0.5) is 5.69 Å². The van der Waals surface area contributed by atoms with Crippen molar-refractivity contribution in [1.29, 1.82) is 5.26 Å². The molecule has 0 spiro atoms. The van der Waals surface area contributed by atoms with Gasteiger partial charge in [-0.3, -0.25) is 10.1 Å². The predicted molar refractivity (Wildman–Crippen MR) is 52.3 cm³/mol. The fourth-order valence-corrected chi connectivity index (χ4v) is 1.07. The second-order valence-electron chi connectivity index (χ2n) is 2.50. The number of nitro benzene ring substituents is 1. The summed E-state index contributed by atoms with van der Waals surface area (Å²) < 4.78 is 4.79. The normalized spacial score (nSPS) is 10.5. The molecule has 15 heavy (non-hydrogen) atoms. The molecular formula is C9H7N3O3. The molecule has 0 aliphatic rings. The smallest absolute Gasteiger partial charge is 0.282 e. The van der Waals surface area contributed by atoms with E-state index in [0.29, 0.717) is 0 Å². The van der Waals surface area contributed by atoms with Gasteiger partial charge in [0.15, 0.2) is 0 Å². The van der Waals surface area contributed by atoms with E-state index in [1.165, 1.54) is 31.5 Å². The summed E-state index contributed by atoms with van der Waals surface area (Å²) >= 11 is 0. The maximum atomic E-state index is 10.7. The van der Waals surface area contributed by atoms with Crippen LogP contribution in [0.5, 0.6) is 0 Å². The van der Waals surface area contributed by atoms with Crippen LogP contribution in [0, 0.1) is 21.6 Å². The van der Waals surface area contributed by atoms with Crippen LogP contribution in [-0.2, 0) is 4.74 Å². The number of aliphatic imine (C=N–C) groups is 1. The summed E-state index contributed by atoms with van der Waals surface area (Å²) in [4.78, 5) is 13.5. The van der Waals surface area contributed by atoms with Crippen LogP contribution in [0.15, 0.2) is 29.3 Å². The lowest BCUT2D eigenvalue weighted by Gasteiger charge is -2.02. The highest BCUT2D eigenvalue weighted by Crippen LogP contribution is 2.18. The summed E-state index contributed by atoms with van der Waals surface area (Å²) in [6.07, 6.45) is 1.52. The maximum absolute atomic E-state index is 10.7. The maximum Gasteiger partial charge on any atom is 0.282 e. The lowest BCUT2D eigenvalue weighted by molar-refractivity contribution is -0.385. The lowest BCUT2D eigenvalue weighted by atomic mass is 10.2. The van der Waals surface area contributed by atoms with Gasteiger partial charge in [0, 0.05) is 6.07 Å². The van der Waals surface area contributed by atoms with E-state index in [1.54, 1.807) is 6.07 Å². The fourth-order valence-electron chi connectivity index (χ4n) is 1.07. The van der Waals surface area contributed by atoms with Gasteiger partial charge >= 0.3 is 0 Å². The molecule has 0 radical (unpaired) electrons. The molecule has 1 rings (SSSR count). The molecule has 0 aliphatic carbocycles. The minimum atomic E-state index is -0.554. The highest BCUT2D eigenvalue weighted by atomic mass is 16.6. The number of ether oxygens (including phenoxy) is 1. The van der Waals surface area contributed by atoms with Gasteiger partial charge < -0.3 is 4.74 Å². The molecule has 0 N–H and O–H groups in total. The third-order valence-corrected chi connectivity index (χ3v) is 1.68. The summed E-state index contributed by atoms with van der Waals surface area (Å²) in [5, 5.41) is 19.0. The van der Waals surface area contributed by atoms with Crippen molar-refractivity contribution in [2.75, 3.05) is 7.11 Å². The number of nitrogens with zero attached hydrogens (tertiary/aromatic N) is 3. The minimum Gasteiger partial charge on any atom is -0.480 e. The van der Waals surface area contributed by atoms with E-state index < -0.39 is 4.92 Å². The van der Waals surface area contributed by atoms with Gasteiger partial charge in [-0.05, 0) is 6.07 Å². The monoisotopic (exact) mass is 205 g/mol. The van der Waals surface area contributed by atoms with Crippen molar-refractivity contribution in [2.45, 2.75) is 0 Å². The first-order chi connectivity index (χ1) is 7.20. The molecule has 0 bridgehead atoms. The Labute approximate surface area is 85.6 Å². The molecule has 0 saturated carbocycles. The Bertz CT molecular complexity index is 448. The van der Waals surface area contributed by atoms with Crippen LogP contribution in [-0.4, -0.2) is 17.9 Å². The van der Waals surface area contributed by atoms with Crippen LogP contribution in [0.1, 0.15) is 5.56 Å². The van der Waals surface area contributed by atoms with Crippen molar-refractivity contribution in [2.24, 2.45) is 4.99 Å². The van der Waals surface area contributed by atoms with E-state index in [2.05, 4.69) is 4.99 Å². The van der Waals surface area contributed by atoms with E-state index >= 15 is 0 Å². The third-order valence-electron chi connectivity index (χ3n) is 1.68. The zero-order chi connectivity index (χ0) is 11.3. The van der Waals surface area contributed by atoms with Gasteiger partial charge in [-0.25, -0.2) is 0 Å². The number of nitro groups is 1. The summed E-state index contributed by atoms with van der Waals surface area (Å²) in [5.41, 5.74) is 0.0416. The van der Waals surface area contributed by atoms with Crippen LogP contribution in [0.3, 0.4) is 0 Å². The molecule has 0 fully saturated rings. The van der Waals surface area contributed by atoms with Gasteiger partial charge in [0.25, 0.3) is 5.69 Å². The predicted octanol–water partition coefficient (Wildman–Crippen LogP) is 1.47. The standard InChI is InChI=1S/C9H7N3O3/c1-15-9(11-6-10)7-4-2-3-5-8(7)12(13)14/h2-5H,1H3. The van der Waals surface area contributed by atoms with Crippen molar-refractivity contribution in [3.63, 3.8) is 0 Å². The Hall–Kier alpha value is -2.42. The molecule has 0 amide bonds. The third kappa shape index (κ3) is 2.28. The average molecular weight is 205 g/mol. The van der Waals surface area contributed by atoms with Crippen molar-refractivity contribution in [3.8, 4) is 6.19 Å². The first-order valence-electron chi connectivity index (χ1n) is 3.95. The fraction of sp³-hybridized carbons (Fsp3) is 0.111. The first kappa shape index (κ1) is 10.7. The summed E-state index contributed by atoms with van der Waals surface area (Å²) in [7, 11) is 1.30. The van der Waals surface area contributed by atoms with Crippen molar-refractivity contribution in [3.05, 3.63) is 39.9 Å². The SMILES string of the molecule is COC(=NC#N)c1ccccc1[N+](=O)[O-]. The molecule has 76 valence electrons. The molecule has 0 atom stereocenters. The number of nitriles is 1. The molecular weight excluding hydrogens is 198 g/mol. The zero-order valence-corrected chi connectivity index (χ0v) is 7.88. The number of hydrogen-bond donors (Lipinski definition) is 0. The van der Waals surface area contributed by atoms with Crippen molar-refractivity contribution < 1.29 is 9.66 Å². The second kappa shape index (κ2) is 4.72. The molecule has 0 heterocycles. The highest BCUT2D eigenvalue weighted by molar-refractivity contribution is 5.98. The molecule has 0 aromatic heterocycles. The summed E-state index contributed by atoms with van der Waals surface area (Å²) in [5.74, 6) is -0.0650. The number of rotatable bonds is 2. The lowest BCUT2D eigenvalue weighted by Crippen LogP contribution is -2.06. The van der Waals surface area contributed by atoms with Crippen LogP contribution < -0.4 is 0 Å². The molecule has 1 aromatic carbocycles. The molecule has 1 aromatic rings. The zero-order valence-electron chi connectivity index (χ0n) is 7.88. The van der Waals surface area contributed by atoms with Gasteiger partial charge in [-0.15, -0.1) is 4.99 Å². The van der Waals surface area contributed by atoms with Crippen LogP contribution in [0.2, 0.25) is 0 Å². The van der Waals surface area contributed by atoms with Crippen molar-refractivity contribution >= 4 is 11.6 Å². The number of methoxy groups -OCH3 is 1. The summed E-state index contributed by atoms with van der Waals surface area (Å²) in [6.45, 7) is 0. The Kier molecular flexibility index (Phi) is 3.35. The van der Waals surface area contributed by atoms with E-state index in [4.69, 9.17) is 10.00 Å². The molecule has 0 aliphatic heterocycles. The first-order valence-corrected chi connectivity index (χ1v) is 3.95. The average Bonchev–Trinajstić information content (AvgIpc) is 2.26. The van der Waals surface area contributed by atoms with Crippen molar-refractivity contribution in [1.82, 2.24) is 0 Å².